The molecule has 0 bridgehead atoms. The molecule has 1 aliphatic heterocycles. The van der Waals surface area contributed by atoms with Crippen LogP contribution >= 0.6 is 0 Å². The van der Waals surface area contributed by atoms with E-state index in [4.69, 9.17) is 4.42 Å². The highest BCUT2D eigenvalue weighted by molar-refractivity contribution is 5.18. The van der Waals surface area contributed by atoms with E-state index in [2.05, 4.69) is 5.32 Å². The van der Waals surface area contributed by atoms with Crippen LogP contribution in [-0.2, 0) is 5.60 Å². The van der Waals surface area contributed by atoms with Crippen LogP contribution in [-0.4, -0.2) is 17.7 Å². The fourth-order valence-electron chi connectivity index (χ4n) is 2.26. The zero-order valence-electron chi connectivity index (χ0n) is 9.20. The normalized spacial score (nSPS) is 26.9. The Bertz CT molecular complexity index is 285. The third-order valence-corrected chi connectivity index (χ3v) is 3.34. The summed E-state index contributed by atoms with van der Waals surface area (Å²) in [7, 11) is 0. The van der Waals surface area contributed by atoms with Crippen molar-refractivity contribution in [3.8, 4) is 0 Å². The van der Waals surface area contributed by atoms with Crippen molar-refractivity contribution in [2.45, 2.75) is 44.2 Å². The van der Waals surface area contributed by atoms with Crippen LogP contribution in [0.25, 0.3) is 0 Å². The van der Waals surface area contributed by atoms with Crippen LogP contribution in [0.1, 0.15) is 38.2 Å². The molecule has 0 aliphatic carbocycles. The van der Waals surface area contributed by atoms with Crippen molar-refractivity contribution in [1.29, 1.82) is 0 Å². The van der Waals surface area contributed by atoms with Gasteiger partial charge in [0, 0.05) is 11.6 Å². The van der Waals surface area contributed by atoms with Crippen LogP contribution in [0.15, 0.2) is 23.0 Å². The van der Waals surface area contributed by atoms with Gasteiger partial charge in [-0.05, 0) is 32.4 Å². The van der Waals surface area contributed by atoms with E-state index in [1.807, 2.05) is 13.0 Å². The van der Waals surface area contributed by atoms with Crippen molar-refractivity contribution in [2.24, 2.45) is 0 Å². The largest absolute Gasteiger partial charge is 0.472 e. The first kappa shape index (κ1) is 10.7. The topological polar surface area (TPSA) is 45.4 Å². The van der Waals surface area contributed by atoms with Gasteiger partial charge in [0.15, 0.2) is 0 Å². The SMILES string of the molecule is CC(O)(c1ccoc1)C1CCCCCN1. The molecule has 2 rings (SSSR count). The van der Waals surface area contributed by atoms with Gasteiger partial charge in [-0.1, -0.05) is 12.8 Å². The van der Waals surface area contributed by atoms with Gasteiger partial charge in [0.1, 0.15) is 5.60 Å². The monoisotopic (exact) mass is 209 g/mol. The van der Waals surface area contributed by atoms with Crippen LogP contribution in [0, 0.1) is 0 Å². The van der Waals surface area contributed by atoms with E-state index in [-0.39, 0.29) is 6.04 Å². The Morgan fingerprint density at radius 1 is 1.47 bits per heavy atom. The van der Waals surface area contributed by atoms with E-state index in [0.717, 1.165) is 18.5 Å². The third-order valence-electron chi connectivity index (χ3n) is 3.34. The fraction of sp³-hybridized carbons (Fsp3) is 0.667. The summed E-state index contributed by atoms with van der Waals surface area (Å²) < 4.78 is 5.04. The summed E-state index contributed by atoms with van der Waals surface area (Å²) in [4.78, 5) is 0. The number of hydrogen-bond acceptors (Lipinski definition) is 3. The van der Waals surface area contributed by atoms with Crippen molar-refractivity contribution in [3.05, 3.63) is 24.2 Å². The molecule has 1 aromatic rings. The van der Waals surface area contributed by atoms with Crippen LogP contribution in [0.3, 0.4) is 0 Å². The summed E-state index contributed by atoms with van der Waals surface area (Å²) in [6, 6.07) is 1.98. The predicted molar refractivity (Wildman–Crippen MR) is 58.5 cm³/mol. The van der Waals surface area contributed by atoms with Crippen molar-refractivity contribution >= 4 is 0 Å². The second-order valence-corrected chi connectivity index (χ2v) is 4.52. The minimum absolute atomic E-state index is 0.137. The Kier molecular flexibility index (Phi) is 3.12. The van der Waals surface area contributed by atoms with Crippen molar-refractivity contribution < 1.29 is 9.52 Å². The standard InChI is InChI=1S/C12H19NO2/c1-12(14,10-6-8-15-9-10)11-5-3-2-4-7-13-11/h6,8-9,11,13-14H,2-5,7H2,1H3. The molecule has 2 heterocycles. The van der Waals surface area contributed by atoms with Crippen molar-refractivity contribution in [2.75, 3.05) is 6.54 Å². The van der Waals surface area contributed by atoms with Crippen molar-refractivity contribution in [3.63, 3.8) is 0 Å². The molecule has 0 saturated carbocycles. The molecule has 1 fully saturated rings. The van der Waals surface area contributed by atoms with E-state index >= 15 is 0 Å². The lowest BCUT2D eigenvalue weighted by Crippen LogP contribution is -2.46. The second kappa shape index (κ2) is 4.37. The molecule has 0 radical (unpaired) electrons. The van der Waals surface area contributed by atoms with Gasteiger partial charge in [-0.3, -0.25) is 0 Å². The summed E-state index contributed by atoms with van der Waals surface area (Å²) in [6.07, 6.45) is 7.92. The lowest BCUT2D eigenvalue weighted by Gasteiger charge is -2.32. The van der Waals surface area contributed by atoms with Crippen molar-refractivity contribution in [1.82, 2.24) is 5.32 Å². The minimum Gasteiger partial charge on any atom is -0.472 e. The molecular weight excluding hydrogens is 190 g/mol. The lowest BCUT2D eigenvalue weighted by molar-refractivity contribution is 0.0131. The Labute approximate surface area is 90.5 Å². The molecule has 2 N–H and O–H groups in total. The highest BCUT2D eigenvalue weighted by atomic mass is 16.3. The number of furan rings is 1. The zero-order valence-corrected chi connectivity index (χ0v) is 9.20. The molecule has 84 valence electrons. The second-order valence-electron chi connectivity index (χ2n) is 4.52. The van der Waals surface area contributed by atoms with Gasteiger partial charge >= 0.3 is 0 Å². The summed E-state index contributed by atoms with van der Waals surface area (Å²) in [5.41, 5.74) is 0.0408. The van der Waals surface area contributed by atoms with Gasteiger partial charge in [-0.15, -0.1) is 0 Å². The molecule has 3 heteroatoms. The molecule has 3 nitrogen and oxygen atoms in total. The van der Waals surface area contributed by atoms with E-state index in [1.54, 1.807) is 12.5 Å². The molecule has 1 saturated heterocycles. The van der Waals surface area contributed by atoms with E-state index in [1.165, 1.54) is 19.3 Å². The van der Waals surface area contributed by atoms with E-state index < -0.39 is 5.60 Å². The van der Waals surface area contributed by atoms with Crippen LogP contribution in [0.2, 0.25) is 0 Å². The highest BCUT2D eigenvalue weighted by Crippen LogP contribution is 2.29. The lowest BCUT2D eigenvalue weighted by atomic mass is 9.87. The quantitative estimate of drug-likeness (QED) is 0.783. The van der Waals surface area contributed by atoms with Gasteiger partial charge in [-0.2, -0.15) is 0 Å². The maximum atomic E-state index is 10.5. The summed E-state index contributed by atoms with van der Waals surface area (Å²) in [5.74, 6) is 0. The molecule has 2 atom stereocenters. The number of hydrogen-bond donors (Lipinski definition) is 2. The Morgan fingerprint density at radius 2 is 2.33 bits per heavy atom. The Hall–Kier alpha value is -0.800. The molecule has 0 spiro atoms. The molecule has 1 aliphatic rings. The molecule has 15 heavy (non-hydrogen) atoms. The predicted octanol–water partition coefficient (Wildman–Crippen LogP) is 2.02. The molecule has 0 aromatic carbocycles. The average molecular weight is 209 g/mol. The van der Waals surface area contributed by atoms with Crippen LogP contribution in [0.4, 0.5) is 0 Å². The van der Waals surface area contributed by atoms with Gasteiger partial charge < -0.3 is 14.8 Å². The Morgan fingerprint density at radius 3 is 3.07 bits per heavy atom. The fourth-order valence-corrected chi connectivity index (χ4v) is 2.26. The number of rotatable bonds is 2. The summed E-state index contributed by atoms with van der Waals surface area (Å²) in [6.45, 7) is 2.86. The smallest absolute Gasteiger partial charge is 0.105 e. The third kappa shape index (κ3) is 2.24. The summed E-state index contributed by atoms with van der Waals surface area (Å²) >= 11 is 0. The van der Waals surface area contributed by atoms with Gasteiger partial charge in [-0.25, -0.2) is 0 Å². The van der Waals surface area contributed by atoms with Gasteiger partial charge in [0.05, 0.1) is 12.5 Å². The number of aliphatic hydroxyl groups is 1. The molecule has 0 amide bonds. The Balaban J connectivity index is 2.13. The minimum atomic E-state index is -0.822. The van der Waals surface area contributed by atoms with E-state index in [9.17, 15) is 5.11 Å². The average Bonchev–Trinajstić information content (AvgIpc) is 2.61. The molecule has 2 unspecified atom stereocenters. The highest BCUT2D eigenvalue weighted by Gasteiger charge is 2.34. The number of nitrogens with one attached hydrogen (secondary N) is 1. The van der Waals surface area contributed by atoms with Gasteiger partial charge in [0.2, 0.25) is 0 Å². The van der Waals surface area contributed by atoms with Crippen LogP contribution in [0.5, 0.6) is 0 Å². The molecular formula is C12H19NO2. The van der Waals surface area contributed by atoms with Gasteiger partial charge in [0.25, 0.3) is 0 Å². The maximum absolute atomic E-state index is 10.5. The van der Waals surface area contributed by atoms with Crippen LogP contribution < -0.4 is 5.32 Å². The maximum Gasteiger partial charge on any atom is 0.105 e. The summed E-state index contributed by atoms with van der Waals surface area (Å²) in [5, 5.41) is 13.9. The first-order valence-corrected chi connectivity index (χ1v) is 5.69. The molecule has 1 aromatic heterocycles. The zero-order chi connectivity index (χ0) is 10.7. The first-order chi connectivity index (χ1) is 7.21. The first-order valence-electron chi connectivity index (χ1n) is 5.69. The van der Waals surface area contributed by atoms with E-state index in [0.29, 0.717) is 0 Å².